The first-order valence-corrected chi connectivity index (χ1v) is 9.79. The Balaban J connectivity index is 1.78. The maximum absolute atomic E-state index is 12.8. The molecule has 0 saturated carbocycles. The molecule has 3 rings (SSSR count). The standard InChI is InChI=1S/C19H21N3O4S/c1-12-14(19(24)25)8-13(26-12)9-21(2)18(23)10-22-16-7-5-4-6-15(16)20-17(22)11-27-3/h4-8H,9-11H2,1-3H3,(H,24,25). The van der Waals surface area contributed by atoms with Gasteiger partial charge in [-0.3, -0.25) is 4.79 Å². The number of likely N-dealkylation sites (N-methyl/N-ethyl adjacent to an activating group) is 1. The van der Waals surface area contributed by atoms with Crippen molar-refractivity contribution in [3.8, 4) is 0 Å². The normalized spacial score (nSPS) is 11.1. The molecule has 1 N–H and O–H groups in total. The Morgan fingerprint density at radius 3 is 2.74 bits per heavy atom. The minimum Gasteiger partial charge on any atom is -0.478 e. The zero-order valence-electron chi connectivity index (χ0n) is 15.4. The minimum absolute atomic E-state index is 0.105. The third kappa shape index (κ3) is 4.00. The van der Waals surface area contributed by atoms with E-state index in [-0.39, 0.29) is 24.6 Å². The van der Waals surface area contributed by atoms with Crippen LogP contribution in [-0.2, 0) is 23.6 Å². The maximum atomic E-state index is 12.8. The van der Waals surface area contributed by atoms with Gasteiger partial charge >= 0.3 is 5.97 Å². The van der Waals surface area contributed by atoms with E-state index in [0.717, 1.165) is 16.9 Å². The van der Waals surface area contributed by atoms with Crippen LogP contribution in [0.25, 0.3) is 11.0 Å². The van der Waals surface area contributed by atoms with E-state index >= 15 is 0 Å². The highest BCUT2D eigenvalue weighted by Crippen LogP contribution is 2.20. The van der Waals surface area contributed by atoms with Crippen LogP contribution in [0.15, 0.2) is 34.7 Å². The Kier molecular flexibility index (Phi) is 5.55. The van der Waals surface area contributed by atoms with Gasteiger partial charge in [0, 0.05) is 7.05 Å². The van der Waals surface area contributed by atoms with Gasteiger partial charge in [0.05, 0.1) is 23.3 Å². The quantitative estimate of drug-likeness (QED) is 0.670. The van der Waals surface area contributed by atoms with Gasteiger partial charge in [0.2, 0.25) is 5.91 Å². The van der Waals surface area contributed by atoms with Gasteiger partial charge in [-0.1, -0.05) is 12.1 Å². The Hall–Kier alpha value is -2.74. The number of hydrogen-bond acceptors (Lipinski definition) is 5. The molecule has 0 aliphatic carbocycles. The maximum Gasteiger partial charge on any atom is 0.339 e. The topological polar surface area (TPSA) is 88.6 Å². The van der Waals surface area contributed by atoms with Crippen molar-refractivity contribution in [2.45, 2.75) is 25.8 Å². The van der Waals surface area contributed by atoms with Crippen LogP contribution < -0.4 is 0 Å². The number of benzene rings is 1. The van der Waals surface area contributed by atoms with Gasteiger partial charge in [0.25, 0.3) is 0 Å². The summed E-state index contributed by atoms with van der Waals surface area (Å²) < 4.78 is 7.40. The predicted molar refractivity (Wildman–Crippen MR) is 104 cm³/mol. The summed E-state index contributed by atoms with van der Waals surface area (Å²) in [6.07, 6.45) is 2.00. The highest BCUT2D eigenvalue weighted by atomic mass is 32.2. The van der Waals surface area contributed by atoms with Crippen LogP contribution in [0, 0.1) is 6.92 Å². The number of para-hydroxylation sites is 2. The van der Waals surface area contributed by atoms with E-state index in [1.54, 1.807) is 25.7 Å². The number of carbonyl (C=O) groups excluding carboxylic acids is 1. The monoisotopic (exact) mass is 387 g/mol. The fourth-order valence-electron chi connectivity index (χ4n) is 2.95. The van der Waals surface area contributed by atoms with E-state index in [0.29, 0.717) is 17.3 Å². The van der Waals surface area contributed by atoms with Gasteiger partial charge < -0.3 is 19.0 Å². The number of furan rings is 1. The van der Waals surface area contributed by atoms with Crippen LogP contribution in [-0.4, -0.2) is 44.7 Å². The number of carboxylic acid groups (broad SMARTS) is 1. The van der Waals surface area contributed by atoms with Gasteiger partial charge in [0.15, 0.2) is 0 Å². The number of thioether (sulfide) groups is 1. The summed E-state index contributed by atoms with van der Waals surface area (Å²) in [7, 11) is 1.67. The van der Waals surface area contributed by atoms with Crippen LogP contribution >= 0.6 is 11.8 Å². The van der Waals surface area contributed by atoms with Crippen molar-refractivity contribution in [3.05, 3.63) is 53.2 Å². The first kappa shape index (κ1) is 19.0. The lowest BCUT2D eigenvalue weighted by Crippen LogP contribution is -2.30. The van der Waals surface area contributed by atoms with Crippen LogP contribution in [0.3, 0.4) is 0 Å². The Labute approximate surface area is 161 Å². The molecule has 1 amide bonds. The van der Waals surface area contributed by atoms with Crippen LogP contribution in [0.2, 0.25) is 0 Å². The first-order chi connectivity index (χ1) is 12.9. The third-order valence-corrected chi connectivity index (χ3v) is 4.87. The number of rotatable bonds is 7. The second kappa shape index (κ2) is 7.87. The van der Waals surface area contributed by atoms with Gasteiger partial charge in [-0.15, -0.1) is 0 Å². The van der Waals surface area contributed by atoms with Crippen LogP contribution in [0.1, 0.15) is 27.7 Å². The average molecular weight is 387 g/mol. The summed E-state index contributed by atoms with van der Waals surface area (Å²) in [5.41, 5.74) is 1.91. The minimum atomic E-state index is -1.04. The van der Waals surface area contributed by atoms with Crippen molar-refractivity contribution in [1.82, 2.24) is 14.5 Å². The first-order valence-electron chi connectivity index (χ1n) is 8.40. The molecule has 0 unspecified atom stereocenters. The second-order valence-electron chi connectivity index (χ2n) is 6.27. The van der Waals surface area contributed by atoms with E-state index in [1.807, 2.05) is 35.1 Å². The van der Waals surface area contributed by atoms with Crippen LogP contribution in [0.4, 0.5) is 0 Å². The summed E-state index contributed by atoms with van der Waals surface area (Å²) in [6, 6.07) is 9.21. The average Bonchev–Trinajstić information content (AvgIpc) is 3.16. The second-order valence-corrected chi connectivity index (χ2v) is 7.14. The number of aryl methyl sites for hydroxylation is 1. The van der Waals surface area contributed by atoms with E-state index in [2.05, 4.69) is 4.98 Å². The zero-order valence-corrected chi connectivity index (χ0v) is 16.2. The molecule has 0 radical (unpaired) electrons. The zero-order chi connectivity index (χ0) is 19.6. The summed E-state index contributed by atoms with van der Waals surface area (Å²) in [5.74, 6) is 1.20. The van der Waals surface area contributed by atoms with Crippen molar-refractivity contribution >= 4 is 34.7 Å². The van der Waals surface area contributed by atoms with Gasteiger partial charge in [-0.25, -0.2) is 9.78 Å². The molecular formula is C19H21N3O4S. The van der Waals surface area contributed by atoms with Crippen molar-refractivity contribution < 1.29 is 19.1 Å². The van der Waals surface area contributed by atoms with Gasteiger partial charge in [-0.2, -0.15) is 11.8 Å². The SMILES string of the molecule is CSCc1nc2ccccc2n1CC(=O)N(C)Cc1cc(C(=O)O)c(C)o1. The molecule has 0 atom stereocenters. The molecule has 2 heterocycles. The third-order valence-electron chi connectivity index (χ3n) is 4.32. The molecule has 0 saturated heterocycles. The highest BCUT2D eigenvalue weighted by Gasteiger charge is 2.19. The number of imidazole rings is 1. The molecule has 0 aliphatic heterocycles. The molecule has 8 heteroatoms. The summed E-state index contributed by atoms with van der Waals surface area (Å²) in [6.45, 7) is 1.97. The summed E-state index contributed by atoms with van der Waals surface area (Å²) in [4.78, 5) is 30.0. The molecule has 3 aromatic rings. The molecule has 0 fully saturated rings. The lowest BCUT2D eigenvalue weighted by atomic mass is 10.2. The molecular weight excluding hydrogens is 366 g/mol. The molecule has 7 nitrogen and oxygen atoms in total. The summed E-state index contributed by atoms with van der Waals surface area (Å²) in [5, 5.41) is 9.12. The highest BCUT2D eigenvalue weighted by molar-refractivity contribution is 7.97. The number of amides is 1. The van der Waals surface area contributed by atoms with Crippen LogP contribution in [0.5, 0.6) is 0 Å². The number of fused-ring (bicyclic) bond motifs is 1. The molecule has 1 aromatic carbocycles. The summed E-state index contributed by atoms with van der Waals surface area (Å²) >= 11 is 1.65. The van der Waals surface area contributed by atoms with Crippen molar-refractivity contribution in [1.29, 1.82) is 0 Å². The van der Waals surface area contributed by atoms with E-state index in [9.17, 15) is 9.59 Å². The molecule has 142 valence electrons. The number of hydrogen-bond donors (Lipinski definition) is 1. The Morgan fingerprint density at radius 1 is 1.33 bits per heavy atom. The molecule has 0 bridgehead atoms. The molecule has 2 aromatic heterocycles. The number of carbonyl (C=O) groups is 2. The van der Waals surface area contributed by atoms with Crippen molar-refractivity contribution in [2.24, 2.45) is 0 Å². The smallest absolute Gasteiger partial charge is 0.339 e. The molecule has 27 heavy (non-hydrogen) atoms. The Morgan fingerprint density at radius 2 is 2.07 bits per heavy atom. The predicted octanol–water partition coefficient (Wildman–Crippen LogP) is 3.16. The van der Waals surface area contributed by atoms with Crippen molar-refractivity contribution in [3.63, 3.8) is 0 Å². The number of nitrogens with zero attached hydrogens (tertiary/aromatic N) is 3. The Bertz CT molecular complexity index is 992. The fourth-order valence-corrected chi connectivity index (χ4v) is 3.43. The fraction of sp³-hybridized carbons (Fsp3) is 0.316. The number of carboxylic acids is 1. The van der Waals surface area contributed by atoms with Gasteiger partial charge in [0.1, 0.15) is 29.5 Å². The molecule has 0 spiro atoms. The van der Waals surface area contributed by atoms with E-state index in [1.165, 1.54) is 11.0 Å². The number of aromatic nitrogens is 2. The largest absolute Gasteiger partial charge is 0.478 e. The lowest BCUT2D eigenvalue weighted by molar-refractivity contribution is -0.131. The molecule has 0 aliphatic rings. The van der Waals surface area contributed by atoms with Gasteiger partial charge in [-0.05, 0) is 31.4 Å². The lowest BCUT2D eigenvalue weighted by Gasteiger charge is -2.17. The van der Waals surface area contributed by atoms with E-state index < -0.39 is 5.97 Å². The number of aromatic carboxylic acids is 1. The van der Waals surface area contributed by atoms with Crippen molar-refractivity contribution in [2.75, 3.05) is 13.3 Å². The van der Waals surface area contributed by atoms with E-state index in [4.69, 9.17) is 9.52 Å².